The zero-order chi connectivity index (χ0) is 20.3. The third-order valence-electron chi connectivity index (χ3n) is 4.96. The van der Waals surface area contributed by atoms with Crippen LogP contribution in [0.25, 0.3) is 0 Å². The molecular formula is C21H22ClNO5. The molecule has 0 aromatic heterocycles. The molecule has 28 heavy (non-hydrogen) atoms. The quantitative estimate of drug-likeness (QED) is 0.708. The van der Waals surface area contributed by atoms with E-state index in [4.69, 9.17) is 26.3 Å². The first-order valence-electron chi connectivity index (χ1n) is 8.92. The van der Waals surface area contributed by atoms with Gasteiger partial charge in [0.25, 0.3) is 0 Å². The van der Waals surface area contributed by atoms with Crippen molar-refractivity contribution in [2.45, 2.75) is 43.4 Å². The van der Waals surface area contributed by atoms with Crippen LogP contribution in [0.5, 0.6) is 5.75 Å². The van der Waals surface area contributed by atoms with Crippen LogP contribution in [0, 0.1) is 11.3 Å². The molecular weight excluding hydrogens is 382 g/mol. The van der Waals surface area contributed by atoms with Crippen LogP contribution in [-0.4, -0.2) is 46.8 Å². The van der Waals surface area contributed by atoms with Crippen LogP contribution >= 0.6 is 11.6 Å². The number of halogens is 1. The van der Waals surface area contributed by atoms with Gasteiger partial charge in [-0.25, -0.2) is 0 Å². The first-order valence-corrected chi connectivity index (χ1v) is 9.30. The number of hydrogen-bond acceptors (Lipinski definition) is 6. The molecule has 1 fully saturated rings. The summed E-state index contributed by atoms with van der Waals surface area (Å²) in [4.78, 5) is 0. The molecule has 1 aliphatic heterocycles. The van der Waals surface area contributed by atoms with Crippen LogP contribution in [0.1, 0.15) is 29.2 Å². The number of aliphatic hydroxyl groups excluding tert-OH is 3. The number of methoxy groups -OCH3 is 1. The highest BCUT2D eigenvalue weighted by Crippen LogP contribution is 2.35. The average molecular weight is 404 g/mol. The standard InChI is InChI=1S/C21H22ClNO5/c1-27-15-5-2-12(3-6-15)10-14-11-13(4-7-16(14)22)21-20(26)19(25)18(24)17(28-21)8-9-23/h2-7,11,17-21,24-26H,8,10H2,1H3/t17-,18-,19+,20-,21+/m1/s1. The molecule has 0 radical (unpaired) electrons. The fourth-order valence-electron chi connectivity index (χ4n) is 3.36. The van der Waals surface area contributed by atoms with E-state index < -0.39 is 30.5 Å². The van der Waals surface area contributed by atoms with Crippen molar-refractivity contribution in [2.24, 2.45) is 0 Å². The summed E-state index contributed by atoms with van der Waals surface area (Å²) in [7, 11) is 1.61. The minimum absolute atomic E-state index is 0.0895. The highest BCUT2D eigenvalue weighted by molar-refractivity contribution is 6.31. The van der Waals surface area contributed by atoms with Crippen LogP contribution in [0.4, 0.5) is 0 Å². The summed E-state index contributed by atoms with van der Waals surface area (Å²) in [5, 5.41) is 40.1. The second kappa shape index (κ2) is 8.91. The van der Waals surface area contributed by atoms with Crippen molar-refractivity contribution in [1.82, 2.24) is 0 Å². The number of benzene rings is 2. The molecule has 148 valence electrons. The lowest BCUT2D eigenvalue weighted by atomic mass is 9.89. The zero-order valence-electron chi connectivity index (χ0n) is 15.3. The van der Waals surface area contributed by atoms with E-state index in [9.17, 15) is 15.3 Å². The van der Waals surface area contributed by atoms with Crippen molar-refractivity contribution in [1.29, 1.82) is 5.26 Å². The van der Waals surface area contributed by atoms with Crippen molar-refractivity contribution in [3.63, 3.8) is 0 Å². The van der Waals surface area contributed by atoms with Crippen molar-refractivity contribution in [3.8, 4) is 11.8 Å². The monoisotopic (exact) mass is 403 g/mol. The number of rotatable bonds is 5. The number of nitrogens with zero attached hydrogens (tertiary/aromatic N) is 1. The highest BCUT2D eigenvalue weighted by Gasteiger charge is 2.44. The van der Waals surface area contributed by atoms with Gasteiger partial charge in [-0.1, -0.05) is 35.9 Å². The average Bonchev–Trinajstić information content (AvgIpc) is 2.71. The number of aliphatic hydroxyl groups is 3. The molecule has 0 unspecified atom stereocenters. The number of hydrogen-bond donors (Lipinski definition) is 3. The Morgan fingerprint density at radius 1 is 1.07 bits per heavy atom. The van der Waals surface area contributed by atoms with E-state index in [0.29, 0.717) is 17.0 Å². The molecule has 6 nitrogen and oxygen atoms in total. The van der Waals surface area contributed by atoms with Gasteiger partial charge in [-0.2, -0.15) is 5.26 Å². The lowest BCUT2D eigenvalue weighted by Gasteiger charge is -2.40. The van der Waals surface area contributed by atoms with Crippen molar-refractivity contribution < 1.29 is 24.8 Å². The smallest absolute Gasteiger partial charge is 0.118 e. The molecule has 1 aliphatic rings. The molecule has 2 aromatic carbocycles. The van der Waals surface area contributed by atoms with E-state index >= 15 is 0 Å². The zero-order valence-corrected chi connectivity index (χ0v) is 16.1. The van der Waals surface area contributed by atoms with Gasteiger partial charge in [0.15, 0.2) is 0 Å². The van der Waals surface area contributed by atoms with Crippen LogP contribution in [0.15, 0.2) is 42.5 Å². The minimum Gasteiger partial charge on any atom is -0.497 e. The van der Waals surface area contributed by atoms with E-state index in [1.807, 2.05) is 36.4 Å². The Balaban J connectivity index is 1.86. The summed E-state index contributed by atoms with van der Waals surface area (Å²) in [6, 6.07) is 14.8. The van der Waals surface area contributed by atoms with Gasteiger partial charge in [0, 0.05) is 5.02 Å². The first kappa shape index (κ1) is 20.6. The van der Waals surface area contributed by atoms with Crippen molar-refractivity contribution in [2.75, 3.05) is 7.11 Å². The topological polar surface area (TPSA) is 103 Å². The Morgan fingerprint density at radius 2 is 1.79 bits per heavy atom. The number of ether oxygens (including phenoxy) is 2. The van der Waals surface area contributed by atoms with Gasteiger partial charge in [0.2, 0.25) is 0 Å². The fraction of sp³-hybridized carbons (Fsp3) is 0.381. The van der Waals surface area contributed by atoms with Gasteiger partial charge in [0.05, 0.1) is 25.7 Å². The normalized spacial score (nSPS) is 27.2. The molecule has 3 N–H and O–H groups in total. The summed E-state index contributed by atoms with van der Waals surface area (Å²) >= 11 is 6.35. The van der Waals surface area contributed by atoms with Gasteiger partial charge in [0.1, 0.15) is 30.2 Å². The minimum atomic E-state index is -1.40. The third kappa shape index (κ3) is 4.30. The molecule has 0 bridgehead atoms. The molecule has 0 spiro atoms. The highest BCUT2D eigenvalue weighted by atomic mass is 35.5. The van der Waals surface area contributed by atoms with Gasteiger partial charge in [-0.05, 0) is 41.3 Å². The van der Waals surface area contributed by atoms with Crippen molar-refractivity contribution >= 4 is 11.6 Å². The molecule has 3 rings (SSSR count). The van der Waals surface area contributed by atoms with Gasteiger partial charge < -0.3 is 24.8 Å². The Kier molecular flexibility index (Phi) is 6.55. The van der Waals surface area contributed by atoms with Crippen LogP contribution in [0.3, 0.4) is 0 Å². The van der Waals surface area contributed by atoms with E-state index in [-0.39, 0.29) is 6.42 Å². The Bertz CT molecular complexity index is 851. The predicted molar refractivity (Wildman–Crippen MR) is 103 cm³/mol. The molecule has 1 saturated heterocycles. The predicted octanol–water partition coefficient (Wildman–Crippen LogP) is 2.38. The lowest BCUT2D eigenvalue weighted by molar-refractivity contribution is -0.223. The van der Waals surface area contributed by atoms with Crippen LogP contribution in [-0.2, 0) is 11.2 Å². The maximum Gasteiger partial charge on any atom is 0.118 e. The summed E-state index contributed by atoms with van der Waals surface area (Å²) in [5.41, 5.74) is 2.48. The second-order valence-electron chi connectivity index (χ2n) is 6.80. The SMILES string of the molecule is COc1ccc(Cc2cc([C@@H]3O[C@H](CC#N)[C@@H](O)[C@H](O)[C@H]3O)ccc2Cl)cc1. The fourth-order valence-corrected chi connectivity index (χ4v) is 3.54. The summed E-state index contributed by atoms with van der Waals surface area (Å²) < 4.78 is 10.9. The summed E-state index contributed by atoms with van der Waals surface area (Å²) in [5.74, 6) is 0.762. The molecule has 2 aromatic rings. The third-order valence-corrected chi connectivity index (χ3v) is 5.33. The Morgan fingerprint density at radius 3 is 2.43 bits per heavy atom. The molecule has 0 aliphatic carbocycles. The molecule has 0 saturated carbocycles. The van der Waals surface area contributed by atoms with Crippen molar-refractivity contribution in [3.05, 3.63) is 64.2 Å². The summed E-state index contributed by atoms with van der Waals surface area (Å²) in [6.45, 7) is 0. The van der Waals surface area contributed by atoms with Gasteiger partial charge in [-0.3, -0.25) is 0 Å². The van der Waals surface area contributed by atoms with E-state index in [1.165, 1.54) is 0 Å². The molecule has 7 heteroatoms. The largest absolute Gasteiger partial charge is 0.497 e. The first-order chi connectivity index (χ1) is 13.4. The van der Waals surface area contributed by atoms with Gasteiger partial charge >= 0.3 is 0 Å². The molecule has 0 amide bonds. The maximum absolute atomic E-state index is 10.4. The second-order valence-corrected chi connectivity index (χ2v) is 7.21. The number of nitriles is 1. The van der Waals surface area contributed by atoms with E-state index in [2.05, 4.69) is 0 Å². The van der Waals surface area contributed by atoms with Gasteiger partial charge in [-0.15, -0.1) is 0 Å². The van der Waals surface area contributed by atoms with E-state index in [0.717, 1.165) is 16.9 Å². The Labute approximate surface area is 168 Å². The lowest BCUT2D eigenvalue weighted by Crippen LogP contribution is -2.54. The van der Waals surface area contributed by atoms with E-state index in [1.54, 1.807) is 19.2 Å². The molecule has 5 atom stereocenters. The summed E-state index contributed by atoms with van der Waals surface area (Å²) in [6.07, 6.45) is -5.33. The van der Waals surface area contributed by atoms with Crippen LogP contribution in [0.2, 0.25) is 5.02 Å². The van der Waals surface area contributed by atoms with Crippen LogP contribution < -0.4 is 4.74 Å². The Hall–Kier alpha value is -2.14. The molecule has 1 heterocycles. The maximum atomic E-state index is 10.4.